The summed E-state index contributed by atoms with van der Waals surface area (Å²) in [7, 11) is 1.52. The van der Waals surface area contributed by atoms with Crippen molar-refractivity contribution in [3.8, 4) is 11.6 Å². The minimum absolute atomic E-state index is 0.0144. The van der Waals surface area contributed by atoms with Crippen molar-refractivity contribution in [2.75, 3.05) is 20.2 Å². The Bertz CT molecular complexity index is 1130. The SMILES string of the molecule is Cc1cc(Oc2ccc(N=C(NC(=O)N(C)CCO)N(C=O)Cc3ccc(Cl)cc3)cc2)no1. The quantitative estimate of drug-likeness (QED) is 0.285. The summed E-state index contributed by atoms with van der Waals surface area (Å²) < 4.78 is 10.6. The summed E-state index contributed by atoms with van der Waals surface area (Å²) in [6.07, 6.45) is 0.574. The molecule has 1 aromatic heterocycles. The first-order valence-corrected chi connectivity index (χ1v) is 10.6. The van der Waals surface area contributed by atoms with E-state index in [4.69, 9.17) is 26.0 Å². The number of ether oxygens (including phenoxy) is 1. The van der Waals surface area contributed by atoms with Gasteiger partial charge in [0.05, 0.1) is 18.8 Å². The fourth-order valence-corrected chi connectivity index (χ4v) is 2.90. The number of aliphatic imine (C=N–C) groups is 1. The average molecular weight is 486 g/mol. The number of aliphatic hydroxyl groups is 1. The molecule has 0 fully saturated rings. The van der Waals surface area contributed by atoms with Crippen LogP contribution in [0.3, 0.4) is 0 Å². The molecular formula is C23H24ClN5O5. The molecule has 10 nitrogen and oxygen atoms in total. The molecule has 0 saturated carbocycles. The summed E-state index contributed by atoms with van der Waals surface area (Å²) >= 11 is 5.94. The molecule has 34 heavy (non-hydrogen) atoms. The Morgan fingerprint density at radius 2 is 1.94 bits per heavy atom. The van der Waals surface area contributed by atoms with Crippen LogP contribution in [0.15, 0.2) is 64.1 Å². The lowest BCUT2D eigenvalue weighted by Gasteiger charge is -2.23. The molecule has 0 aliphatic carbocycles. The molecule has 2 N–H and O–H groups in total. The van der Waals surface area contributed by atoms with Gasteiger partial charge in [-0.2, -0.15) is 0 Å². The molecule has 0 bridgehead atoms. The van der Waals surface area contributed by atoms with Gasteiger partial charge in [-0.15, -0.1) is 0 Å². The fraction of sp³-hybridized carbons (Fsp3) is 0.217. The molecule has 0 radical (unpaired) electrons. The van der Waals surface area contributed by atoms with E-state index in [2.05, 4.69) is 15.5 Å². The Balaban J connectivity index is 1.84. The zero-order valence-corrected chi connectivity index (χ0v) is 19.4. The van der Waals surface area contributed by atoms with Crippen molar-refractivity contribution in [3.63, 3.8) is 0 Å². The van der Waals surface area contributed by atoms with Gasteiger partial charge in [0.15, 0.2) is 0 Å². The number of hydrogen-bond donors (Lipinski definition) is 2. The Morgan fingerprint density at radius 1 is 1.24 bits per heavy atom. The minimum atomic E-state index is -0.530. The second-order valence-corrected chi connectivity index (χ2v) is 7.68. The van der Waals surface area contributed by atoms with Crippen molar-refractivity contribution in [1.29, 1.82) is 0 Å². The highest BCUT2D eigenvalue weighted by molar-refractivity contribution is 6.30. The summed E-state index contributed by atoms with van der Waals surface area (Å²) in [6, 6.07) is 14.8. The Labute approximate surface area is 201 Å². The number of rotatable bonds is 8. The van der Waals surface area contributed by atoms with Gasteiger partial charge in [0.2, 0.25) is 12.4 Å². The minimum Gasteiger partial charge on any atom is -0.436 e. The number of aryl methyl sites for hydroxylation is 1. The van der Waals surface area contributed by atoms with Crippen molar-refractivity contribution in [2.45, 2.75) is 13.5 Å². The van der Waals surface area contributed by atoms with Gasteiger partial charge in [0, 0.05) is 24.7 Å². The second-order valence-electron chi connectivity index (χ2n) is 7.24. The van der Waals surface area contributed by atoms with Gasteiger partial charge in [-0.25, -0.2) is 9.79 Å². The van der Waals surface area contributed by atoms with E-state index in [9.17, 15) is 9.59 Å². The van der Waals surface area contributed by atoms with Crippen molar-refractivity contribution in [2.24, 2.45) is 4.99 Å². The number of carbonyl (C=O) groups is 2. The molecule has 1 heterocycles. The lowest BCUT2D eigenvalue weighted by Crippen LogP contribution is -2.48. The van der Waals surface area contributed by atoms with Crippen LogP contribution in [0.1, 0.15) is 11.3 Å². The highest BCUT2D eigenvalue weighted by Gasteiger charge is 2.17. The zero-order valence-electron chi connectivity index (χ0n) is 18.6. The normalized spacial score (nSPS) is 11.1. The first kappa shape index (κ1) is 24.7. The summed E-state index contributed by atoms with van der Waals surface area (Å²) in [5, 5.41) is 16.1. The van der Waals surface area contributed by atoms with Crippen LogP contribution in [0.5, 0.6) is 11.6 Å². The maximum Gasteiger partial charge on any atom is 0.323 e. The zero-order chi connectivity index (χ0) is 24.5. The molecule has 178 valence electrons. The van der Waals surface area contributed by atoms with Gasteiger partial charge in [-0.1, -0.05) is 23.7 Å². The van der Waals surface area contributed by atoms with Crippen LogP contribution in [-0.2, 0) is 11.3 Å². The number of guanidine groups is 1. The van der Waals surface area contributed by atoms with Crippen molar-refractivity contribution < 1.29 is 24.0 Å². The van der Waals surface area contributed by atoms with Crippen LogP contribution in [-0.4, -0.2) is 58.7 Å². The predicted octanol–water partition coefficient (Wildman–Crippen LogP) is 3.71. The molecular weight excluding hydrogens is 462 g/mol. The standard InChI is InChI=1S/C23H24ClN5O5/c1-16-13-21(27-34-16)33-20-9-7-19(8-10-20)25-22(26-23(32)28(2)11-12-30)29(15-31)14-17-3-5-18(24)6-4-17/h3-10,13,15,30H,11-12,14H2,1-2H3,(H,25,26,32). The fourth-order valence-electron chi connectivity index (χ4n) is 2.78. The molecule has 2 aromatic carbocycles. The monoisotopic (exact) mass is 485 g/mol. The number of urea groups is 1. The van der Waals surface area contributed by atoms with Crippen molar-refractivity contribution >= 4 is 35.7 Å². The van der Waals surface area contributed by atoms with E-state index < -0.39 is 6.03 Å². The molecule has 3 aromatic rings. The second kappa shape index (κ2) is 11.8. The molecule has 0 aliphatic heterocycles. The average Bonchev–Trinajstić information content (AvgIpc) is 3.24. The smallest absolute Gasteiger partial charge is 0.323 e. The maximum atomic E-state index is 12.5. The third-order valence-corrected chi connectivity index (χ3v) is 4.82. The summed E-state index contributed by atoms with van der Waals surface area (Å²) in [5.74, 6) is 1.47. The van der Waals surface area contributed by atoms with Crippen LogP contribution in [0, 0.1) is 6.92 Å². The van der Waals surface area contributed by atoms with Gasteiger partial charge in [-0.3, -0.25) is 15.0 Å². The summed E-state index contributed by atoms with van der Waals surface area (Å²) in [5.41, 5.74) is 1.25. The lowest BCUT2D eigenvalue weighted by molar-refractivity contribution is -0.115. The van der Waals surface area contributed by atoms with E-state index in [-0.39, 0.29) is 25.7 Å². The van der Waals surface area contributed by atoms with Crippen LogP contribution in [0.4, 0.5) is 10.5 Å². The molecule has 0 atom stereocenters. The molecule has 0 unspecified atom stereocenters. The van der Waals surface area contributed by atoms with Crippen molar-refractivity contribution in [3.05, 3.63) is 70.9 Å². The summed E-state index contributed by atoms with van der Waals surface area (Å²) in [4.78, 5) is 31.4. The van der Waals surface area contributed by atoms with E-state index in [0.29, 0.717) is 34.5 Å². The molecule has 3 amide bonds. The third kappa shape index (κ3) is 7.06. The Hall–Kier alpha value is -3.89. The number of nitrogens with zero attached hydrogens (tertiary/aromatic N) is 4. The predicted molar refractivity (Wildman–Crippen MR) is 126 cm³/mol. The number of likely N-dealkylation sites (N-methyl/N-ethyl adjacent to an activating group) is 1. The van der Waals surface area contributed by atoms with Crippen LogP contribution in [0.2, 0.25) is 5.02 Å². The first-order valence-electron chi connectivity index (χ1n) is 10.3. The number of benzene rings is 2. The number of nitrogens with one attached hydrogen (secondary N) is 1. The van der Waals surface area contributed by atoms with Crippen LogP contribution >= 0.6 is 11.6 Å². The number of aliphatic hydroxyl groups excluding tert-OH is 1. The topological polar surface area (TPSA) is 120 Å². The number of carbonyl (C=O) groups excluding carboxylic acids is 2. The lowest BCUT2D eigenvalue weighted by atomic mass is 10.2. The van der Waals surface area contributed by atoms with E-state index in [1.807, 2.05) is 0 Å². The molecule has 11 heteroatoms. The number of amides is 3. The maximum absolute atomic E-state index is 12.5. The Morgan fingerprint density at radius 3 is 2.53 bits per heavy atom. The van der Waals surface area contributed by atoms with Gasteiger partial charge >= 0.3 is 6.03 Å². The highest BCUT2D eigenvalue weighted by Crippen LogP contribution is 2.24. The largest absolute Gasteiger partial charge is 0.436 e. The van der Waals surface area contributed by atoms with E-state index in [1.165, 1.54) is 16.8 Å². The van der Waals surface area contributed by atoms with Gasteiger partial charge < -0.3 is 19.3 Å². The van der Waals surface area contributed by atoms with E-state index in [1.54, 1.807) is 61.5 Å². The van der Waals surface area contributed by atoms with Gasteiger partial charge in [0.1, 0.15) is 11.5 Å². The van der Waals surface area contributed by atoms with Gasteiger partial charge in [0.25, 0.3) is 5.88 Å². The Kier molecular flexibility index (Phi) is 8.60. The molecule has 0 spiro atoms. The van der Waals surface area contributed by atoms with Crippen molar-refractivity contribution in [1.82, 2.24) is 20.3 Å². The number of hydrogen-bond acceptors (Lipinski definition) is 7. The van der Waals surface area contributed by atoms with Crippen LogP contribution in [0.25, 0.3) is 0 Å². The molecule has 3 rings (SSSR count). The molecule has 0 aliphatic rings. The van der Waals surface area contributed by atoms with E-state index in [0.717, 1.165) is 5.56 Å². The third-order valence-electron chi connectivity index (χ3n) is 4.57. The first-order chi connectivity index (χ1) is 16.4. The van der Waals surface area contributed by atoms with Crippen LogP contribution < -0.4 is 10.1 Å². The molecule has 0 saturated heterocycles. The number of halogens is 1. The van der Waals surface area contributed by atoms with E-state index >= 15 is 0 Å². The number of aromatic nitrogens is 1. The van der Waals surface area contributed by atoms with Gasteiger partial charge in [-0.05, 0) is 54.0 Å². The highest BCUT2D eigenvalue weighted by atomic mass is 35.5. The summed E-state index contributed by atoms with van der Waals surface area (Å²) in [6.45, 7) is 1.82.